The van der Waals surface area contributed by atoms with Crippen molar-refractivity contribution in [1.29, 1.82) is 0 Å². The third kappa shape index (κ3) is 6.93. The van der Waals surface area contributed by atoms with Crippen LogP contribution in [-0.4, -0.2) is 17.9 Å². The van der Waals surface area contributed by atoms with E-state index in [4.69, 9.17) is 4.74 Å². The molecule has 2 aromatic rings. The summed E-state index contributed by atoms with van der Waals surface area (Å²) < 4.78 is 5.38. The molecular weight excluding hydrogens is 326 g/mol. The molecule has 136 valence electrons. The number of hydrogen-bond acceptors (Lipinski definition) is 3. The van der Waals surface area contributed by atoms with Crippen LogP contribution in [0.5, 0.6) is 0 Å². The van der Waals surface area contributed by atoms with Crippen molar-refractivity contribution in [3.05, 3.63) is 77.9 Å². The van der Waals surface area contributed by atoms with Gasteiger partial charge in [0.05, 0.1) is 0 Å². The second kappa shape index (κ2) is 10.2. The van der Waals surface area contributed by atoms with E-state index in [0.717, 1.165) is 11.1 Å². The van der Waals surface area contributed by atoms with Crippen molar-refractivity contribution in [2.24, 2.45) is 5.92 Å². The van der Waals surface area contributed by atoms with Crippen molar-refractivity contribution in [2.45, 2.75) is 32.9 Å². The van der Waals surface area contributed by atoms with Crippen molar-refractivity contribution in [2.75, 3.05) is 0 Å². The van der Waals surface area contributed by atoms with Gasteiger partial charge in [0.2, 0.25) is 5.91 Å². The number of hydrogen-bond donors (Lipinski definition) is 1. The van der Waals surface area contributed by atoms with Crippen LogP contribution in [0.4, 0.5) is 0 Å². The maximum Gasteiger partial charge on any atom is 0.328 e. The largest absolute Gasteiger partial charge is 0.459 e. The Morgan fingerprint density at radius 1 is 1.00 bits per heavy atom. The summed E-state index contributed by atoms with van der Waals surface area (Å²) >= 11 is 0. The molecule has 0 radical (unpaired) electrons. The lowest BCUT2D eigenvalue weighted by atomic mass is 10.0. The SMILES string of the molecule is CC(C)CC(NC(=O)/C=C/c1ccccc1)C(=O)OCc1ccccc1. The first-order chi connectivity index (χ1) is 12.5. The molecule has 4 heteroatoms. The highest BCUT2D eigenvalue weighted by molar-refractivity contribution is 5.94. The van der Waals surface area contributed by atoms with Gasteiger partial charge in [-0.1, -0.05) is 74.5 Å². The topological polar surface area (TPSA) is 55.4 Å². The minimum Gasteiger partial charge on any atom is -0.459 e. The van der Waals surface area contributed by atoms with Crippen molar-refractivity contribution < 1.29 is 14.3 Å². The fraction of sp³-hybridized carbons (Fsp3) is 0.273. The lowest BCUT2D eigenvalue weighted by Gasteiger charge is -2.18. The van der Waals surface area contributed by atoms with Crippen LogP contribution in [0.15, 0.2) is 66.7 Å². The first kappa shape index (κ1) is 19.4. The van der Waals surface area contributed by atoms with Crippen LogP contribution in [0.1, 0.15) is 31.4 Å². The Balaban J connectivity index is 1.93. The molecule has 0 aromatic heterocycles. The maximum absolute atomic E-state index is 12.4. The third-order valence-electron chi connectivity index (χ3n) is 3.76. The first-order valence-electron chi connectivity index (χ1n) is 8.79. The zero-order valence-corrected chi connectivity index (χ0v) is 15.2. The molecule has 2 aromatic carbocycles. The van der Waals surface area contributed by atoms with Gasteiger partial charge in [0, 0.05) is 6.08 Å². The summed E-state index contributed by atoms with van der Waals surface area (Å²) in [7, 11) is 0. The van der Waals surface area contributed by atoms with E-state index >= 15 is 0 Å². The van der Waals surface area contributed by atoms with Crippen molar-refractivity contribution in [3.63, 3.8) is 0 Å². The number of ether oxygens (including phenoxy) is 1. The average molecular weight is 351 g/mol. The van der Waals surface area contributed by atoms with E-state index in [9.17, 15) is 9.59 Å². The summed E-state index contributed by atoms with van der Waals surface area (Å²) in [5.41, 5.74) is 1.84. The molecule has 0 saturated heterocycles. The van der Waals surface area contributed by atoms with Gasteiger partial charge in [0.15, 0.2) is 0 Å². The van der Waals surface area contributed by atoms with Gasteiger partial charge in [-0.15, -0.1) is 0 Å². The normalized spacial score (nSPS) is 12.1. The molecule has 1 unspecified atom stereocenters. The van der Waals surface area contributed by atoms with E-state index in [1.54, 1.807) is 6.08 Å². The van der Waals surface area contributed by atoms with Gasteiger partial charge in [-0.25, -0.2) is 4.79 Å². The van der Waals surface area contributed by atoms with Crippen LogP contribution in [0.2, 0.25) is 0 Å². The summed E-state index contributed by atoms with van der Waals surface area (Å²) in [6.45, 7) is 4.21. The molecule has 1 N–H and O–H groups in total. The Kier molecular flexibility index (Phi) is 7.62. The van der Waals surface area contributed by atoms with Gasteiger partial charge in [0.1, 0.15) is 12.6 Å². The summed E-state index contributed by atoms with van der Waals surface area (Å²) in [5.74, 6) is -0.470. The van der Waals surface area contributed by atoms with Crippen LogP contribution in [0.25, 0.3) is 6.08 Å². The van der Waals surface area contributed by atoms with Crippen molar-refractivity contribution in [3.8, 4) is 0 Å². The Morgan fingerprint density at radius 2 is 1.62 bits per heavy atom. The van der Waals surface area contributed by atoms with E-state index in [1.165, 1.54) is 6.08 Å². The van der Waals surface area contributed by atoms with Gasteiger partial charge in [0.25, 0.3) is 0 Å². The van der Waals surface area contributed by atoms with Gasteiger partial charge in [-0.3, -0.25) is 4.79 Å². The lowest BCUT2D eigenvalue weighted by molar-refractivity contribution is -0.149. The van der Waals surface area contributed by atoms with Gasteiger partial charge in [-0.05, 0) is 29.5 Å². The lowest BCUT2D eigenvalue weighted by Crippen LogP contribution is -2.42. The number of amides is 1. The molecule has 26 heavy (non-hydrogen) atoms. The molecule has 0 heterocycles. The highest BCUT2D eigenvalue weighted by Crippen LogP contribution is 2.09. The summed E-state index contributed by atoms with van der Waals surface area (Å²) in [4.78, 5) is 24.6. The molecule has 0 saturated carbocycles. The minimum atomic E-state index is -0.661. The fourth-order valence-electron chi connectivity index (χ4n) is 2.47. The zero-order chi connectivity index (χ0) is 18.8. The molecule has 1 amide bonds. The Labute approximate surface area is 154 Å². The number of carbonyl (C=O) groups excluding carboxylic acids is 2. The second-order valence-corrected chi connectivity index (χ2v) is 6.53. The van der Waals surface area contributed by atoms with Gasteiger partial charge in [-0.2, -0.15) is 0 Å². The molecule has 0 spiro atoms. The molecule has 2 rings (SSSR count). The van der Waals surface area contributed by atoms with Crippen LogP contribution >= 0.6 is 0 Å². The van der Waals surface area contributed by atoms with Crippen LogP contribution in [0.3, 0.4) is 0 Å². The standard InChI is InChI=1S/C22H25NO3/c1-17(2)15-20(22(25)26-16-19-11-7-4-8-12-19)23-21(24)14-13-18-9-5-3-6-10-18/h3-14,17,20H,15-16H2,1-2H3,(H,23,24)/b14-13+. The van der Waals surface area contributed by atoms with E-state index in [-0.39, 0.29) is 18.4 Å². The average Bonchev–Trinajstić information content (AvgIpc) is 2.65. The van der Waals surface area contributed by atoms with Gasteiger partial charge < -0.3 is 10.1 Å². The number of benzene rings is 2. The van der Waals surface area contributed by atoms with Gasteiger partial charge >= 0.3 is 5.97 Å². The predicted octanol–water partition coefficient (Wildman–Crippen LogP) is 3.97. The second-order valence-electron chi connectivity index (χ2n) is 6.53. The van der Waals surface area contributed by atoms with E-state index in [0.29, 0.717) is 6.42 Å². The Bertz CT molecular complexity index is 724. The molecule has 0 bridgehead atoms. The highest BCUT2D eigenvalue weighted by atomic mass is 16.5. The Hall–Kier alpha value is -2.88. The van der Waals surface area contributed by atoms with Crippen molar-refractivity contribution in [1.82, 2.24) is 5.32 Å². The van der Waals surface area contributed by atoms with E-state index in [1.807, 2.05) is 74.5 Å². The van der Waals surface area contributed by atoms with E-state index in [2.05, 4.69) is 5.32 Å². The molecule has 0 aliphatic carbocycles. The van der Waals surface area contributed by atoms with Crippen LogP contribution in [-0.2, 0) is 20.9 Å². The Morgan fingerprint density at radius 3 is 2.23 bits per heavy atom. The summed E-state index contributed by atoms with van der Waals surface area (Å²) in [6.07, 6.45) is 3.68. The fourth-order valence-corrected chi connectivity index (χ4v) is 2.47. The molecule has 4 nitrogen and oxygen atoms in total. The third-order valence-corrected chi connectivity index (χ3v) is 3.76. The molecule has 1 atom stereocenters. The monoisotopic (exact) mass is 351 g/mol. The molecular formula is C22H25NO3. The highest BCUT2D eigenvalue weighted by Gasteiger charge is 2.22. The number of rotatable bonds is 8. The molecule has 0 aliphatic rings. The number of esters is 1. The van der Waals surface area contributed by atoms with Crippen LogP contribution < -0.4 is 5.32 Å². The molecule has 0 aliphatic heterocycles. The summed E-state index contributed by atoms with van der Waals surface area (Å²) in [6, 6.07) is 18.4. The zero-order valence-electron chi connectivity index (χ0n) is 15.2. The van der Waals surface area contributed by atoms with Crippen LogP contribution in [0, 0.1) is 5.92 Å². The smallest absolute Gasteiger partial charge is 0.328 e. The first-order valence-corrected chi connectivity index (χ1v) is 8.79. The number of nitrogens with one attached hydrogen (secondary N) is 1. The summed E-state index contributed by atoms with van der Waals surface area (Å²) in [5, 5.41) is 2.75. The maximum atomic E-state index is 12.4. The van der Waals surface area contributed by atoms with E-state index < -0.39 is 12.0 Å². The predicted molar refractivity (Wildman–Crippen MR) is 103 cm³/mol. The molecule has 0 fully saturated rings. The number of carbonyl (C=O) groups is 2. The quantitative estimate of drug-likeness (QED) is 0.578. The van der Waals surface area contributed by atoms with Crippen molar-refractivity contribution >= 4 is 18.0 Å². The minimum absolute atomic E-state index is 0.198.